The van der Waals surface area contributed by atoms with Crippen LogP contribution in [0.1, 0.15) is 57.9 Å². The Morgan fingerprint density at radius 1 is 1.39 bits per heavy atom. The molecule has 0 radical (unpaired) electrons. The van der Waals surface area contributed by atoms with Crippen molar-refractivity contribution in [1.82, 2.24) is 0 Å². The average molecular weight is 314 g/mol. The minimum atomic E-state index is -0.933. The predicted octanol–water partition coefficient (Wildman–Crippen LogP) is 4.81. The zero-order valence-corrected chi connectivity index (χ0v) is 14.0. The van der Waals surface area contributed by atoms with E-state index in [1.165, 1.54) is 18.4 Å². The summed E-state index contributed by atoms with van der Waals surface area (Å²) in [6, 6.07) is 6.98. The molecular formula is C20H26O3. The Labute approximate surface area is 139 Å². The Morgan fingerprint density at radius 3 is 2.78 bits per heavy atom. The summed E-state index contributed by atoms with van der Waals surface area (Å²) in [6.45, 7) is 4.00. The van der Waals surface area contributed by atoms with Crippen LogP contribution < -0.4 is 4.74 Å². The summed E-state index contributed by atoms with van der Waals surface area (Å²) in [5.41, 5.74) is 2.04. The number of hydrogen-bond acceptors (Lipinski definition) is 2. The SMILES string of the molecule is C#Cc1cccc(OC(CCC2=CCCCC2)C(=O)O)c1.CC. The Bertz CT molecular complexity index is 566. The van der Waals surface area contributed by atoms with Gasteiger partial charge in [0.25, 0.3) is 0 Å². The van der Waals surface area contributed by atoms with Crippen molar-refractivity contribution >= 4 is 5.97 Å². The number of hydrogen-bond donors (Lipinski definition) is 1. The van der Waals surface area contributed by atoms with Gasteiger partial charge in [0.2, 0.25) is 0 Å². The van der Waals surface area contributed by atoms with Gasteiger partial charge in [0.05, 0.1) is 0 Å². The Balaban J connectivity index is 0.00000127. The van der Waals surface area contributed by atoms with Crippen LogP contribution in [0.25, 0.3) is 0 Å². The number of allylic oxidation sites excluding steroid dienone is 2. The molecule has 0 saturated heterocycles. The topological polar surface area (TPSA) is 46.5 Å². The molecule has 124 valence electrons. The molecule has 0 spiro atoms. The molecule has 0 fully saturated rings. The van der Waals surface area contributed by atoms with E-state index in [-0.39, 0.29) is 0 Å². The molecule has 1 aromatic carbocycles. The van der Waals surface area contributed by atoms with Gasteiger partial charge >= 0.3 is 5.97 Å². The molecule has 1 aliphatic rings. The molecule has 0 saturated carbocycles. The second kappa shape index (κ2) is 10.5. The highest BCUT2D eigenvalue weighted by Gasteiger charge is 2.20. The third-order valence-electron chi connectivity index (χ3n) is 3.67. The van der Waals surface area contributed by atoms with Gasteiger partial charge in [0, 0.05) is 5.56 Å². The molecule has 0 amide bonds. The summed E-state index contributed by atoms with van der Waals surface area (Å²) in [6.07, 6.45) is 12.6. The van der Waals surface area contributed by atoms with E-state index in [0.717, 1.165) is 19.3 Å². The molecule has 1 atom stereocenters. The minimum absolute atomic E-state index is 0.488. The molecule has 1 N–H and O–H groups in total. The number of carboxylic acids is 1. The second-order valence-corrected chi connectivity index (χ2v) is 5.26. The fourth-order valence-corrected chi connectivity index (χ4v) is 2.50. The van der Waals surface area contributed by atoms with Crippen LogP contribution in [-0.2, 0) is 4.79 Å². The van der Waals surface area contributed by atoms with E-state index in [0.29, 0.717) is 17.7 Å². The fraction of sp³-hybridized carbons (Fsp3) is 0.450. The van der Waals surface area contributed by atoms with Gasteiger partial charge in [0.15, 0.2) is 6.10 Å². The summed E-state index contributed by atoms with van der Waals surface area (Å²) in [5, 5.41) is 9.31. The van der Waals surface area contributed by atoms with Gasteiger partial charge in [-0.3, -0.25) is 0 Å². The largest absolute Gasteiger partial charge is 0.479 e. The van der Waals surface area contributed by atoms with E-state index in [1.807, 2.05) is 13.8 Å². The fourth-order valence-electron chi connectivity index (χ4n) is 2.50. The lowest BCUT2D eigenvalue weighted by Gasteiger charge is -2.18. The zero-order valence-electron chi connectivity index (χ0n) is 14.0. The van der Waals surface area contributed by atoms with E-state index in [1.54, 1.807) is 24.3 Å². The molecule has 0 bridgehead atoms. The monoisotopic (exact) mass is 314 g/mol. The smallest absolute Gasteiger partial charge is 0.344 e. The summed E-state index contributed by atoms with van der Waals surface area (Å²) < 4.78 is 5.59. The van der Waals surface area contributed by atoms with Gasteiger partial charge in [-0.05, 0) is 56.7 Å². The maximum absolute atomic E-state index is 11.3. The highest BCUT2D eigenvalue weighted by atomic mass is 16.5. The Kier molecular flexibility index (Phi) is 8.60. The van der Waals surface area contributed by atoms with Gasteiger partial charge in [-0.15, -0.1) is 6.42 Å². The summed E-state index contributed by atoms with van der Waals surface area (Å²) >= 11 is 0. The van der Waals surface area contributed by atoms with Crippen LogP contribution in [0.5, 0.6) is 5.75 Å². The molecule has 23 heavy (non-hydrogen) atoms. The molecule has 3 heteroatoms. The van der Waals surface area contributed by atoms with Gasteiger partial charge in [0.1, 0.15) is 5.75 Å². The number of carboxylic acid groups (broad SMARTS) is 1. The minimum Gasteiger partial charge on any atom is -0.479 e. The lowest BCUT2D eigenvalue weighted by molar-refractivity contribution is -0.145. The molecule has 1 aromatic rings. The second-order valence-electron chi connectivity index (χ2n) is 5.26. The normalized spacial score (nSPS) is 14.6. The molecule has 2 rings (SSSR count). The zero-order chi connectivity index (χ0) is 17.1. The van der Waals surface area contributed by atoms with Crippen LogP contribution in [0, 0.1) is 12.3 Å². The van der Waals surface area contributed by atoms with Gasteiger partial charge in [-0.1, -0.05) is 37.5 Å². The van der Waals surface area contributed by atoms with Crippen molar-refractivity contribution in [3.63, 3.8) is 0 Å². The van der Waals surface area contributed by atoms with Crippen molar-refractivity contribution in [2.75, 3.05) is 0 Å². The van der Waals surface area contributed by atoms with Crippen molar-refractivity contribution < 1.29 is 14.6 Å². The first kappa shape index (κ1) is 18.8. The lowest BCUT2D eigenvalue weighted by Crippen LogP contribution is -2.27. The van der Waals surface area contributed by atoms with E-state index >= 15 is 0 Å². The number of carbonyl (C=O) groups is 1. The maximum atomic E-state index is 11.3. The van der Waals surface area contributed by atoms with E-state index in [4.69, 9.17) is 11.2 Å². The number of terminal acetylenes is 1. The average Bonchev–Trinajstić information content (AvgIpc) is 2.61. The number of benzene rings is 1. The van der Waals surface area contributed by atoms with Crippen LogP contribution in [0.3, 0.4) is 0 Å². The van der Waals surface area contributed by atoms with Crippen LogP contribution in [0.2, 0.25) is 0 Å². The maximum Gasteiger partial charge on any atom is 0.344 e. The van der Waals surface area contributed by atoms with E-state index in [2.05, 4.69) is 12.0 Å². The number of rotatable bonds is 6. The summed E-state index contributed by atoms with van der Waals surface area (Å²) in [7, 11) is 0. The first-order valence-electron chi connectivity index (χ1n) is 8.33. The first-order valence-corrected chi connectivity index (χ1v) is 8.33. The molecule has 3 nitrogen and oxygen atoms in total. The third kappa shape index (κ3) is 6.61. The molecule has 1 unspecified atom stereocenters. The van der Waals surface area contributed by atoms with Crippen molar-refractivity contribution in [3.8, 4) is 18.1 Å². The van der Waals surface area contributed by atoms with Gasteiger partial charge < -0.3 is 9.84 Å². The molecule has 0 heterocycles. The van der Waals surface area contributed by atoms with Crippen molar-refractivity contribution in [1.29, 1.82) is 0 Å². The summed E-state index contributed by atoms with van der Waals surface area (Å²) in [4.78, 5) is 11.3. The van der Waals surface area contributed by atoms with Crippen LogP contribution in [-0.4, -0.2) is 17.2 Å². The molecule has 0 aromatic heterocycles. The predicted molar refractivity (Wildman–Crippen MR) is 93.6 cm³/mol. The van der Waals surface area contributed by atoms with Crippen LogP contribution >= 0.6 is 0 Å². The number of aliphatic carboxylic acids is 1. The summed E-state index contributed by atoms with van der Waals surface area (Å²) in [5.74, 6) is 2.09. The van der Waals surface area contributed by atoms with Gasteiger partial charge in [-0.2, -0.15) is 0 Å². The Hall–Kier alpha value is -2.21. The highest BCUT2D eigenvalue weighted by molar-refractivity contribution is 5.72. The van der Waals surface area contributed by atoms with Gasteiger partial charge in [-0.25, -0.2) is 4.79 Å². The third-order valence-corrected chi connectivity index (χ3v) is 3.67. The Morgan fingerprint density at radius 2 is 2.17 bits per heavy atom. The lowest BCUT2D eigenvalue weighted by atomic mass is 9.95. The van der Waals surface area contributed by atoms with Crippen molar-refractivity contribution in [2.45, 2.75) is 58.5 Å². The molecular weight excluding hydrogens is 288 g/mol. The molecule has 1 aliphatic carbocycles. The van der Waals surface area contributed by atoms with E-state index < -0.39 is 12.1 Å². The van der Waals surface area contributed by atoms with E-state index in [9.17, 15) is 9.90 Å². The quantitative estimate of drug-likeness (QED) is 0.605. The highest BCUT2D eigenvalue weighted by Crippen LogP contribution is 2.23. The van der Waals surface area contributed by atoms with Crippen molar-refractivity contribution in [2.24, 2.45) is 0 Å². The van der Waals surface area contributed by atoms with Crippen LogP contribution in [0.4, 0.5) is 0 Å². The standard InChI is InChI=1S/C18H20O3.C2H6/c1-2-14-9-6-10-16(13-14)21-17(18(19)20)12-11-15-7-4-3-5-8-15;1-2/h1,6-7,9-10,13,17H,3-5,8,11-12H2,(H,19,20);1-2H3. The van der Waals surface area contributed by atoms with Crippen molar-refractivity contribution in [3.05, 3.63) is 41.5 Å². The van der Waals surface area contributed by atoms with Crippen LogP contribution in [0.15, 0.2) is 35.9 Å². The molecule has 0 aliphatic heterocycles. The first-order chi connectivity index (χ1) is 11.2. The number of ether oxygens (including phenoxy) is 1.